The molecule has 1 heterocycles. The first-order chi connectivity index (χ1) is 8.59. The van der Waals surface area contributed by atoms with Gasteiger partial charge in [-0.05, 0) is 30.2 Å². The normalized spacial score (nSPS) is 18.6. The van der Waals surface area contributed by atoms with Crippen LogP contribution >= 0.6 is 11.6 Å². The average Bonchev–Trinajstić information content (AvgIpc) is 2.33. The van der Waals surface area contributed by atoms with Crippen LogP contribution in [-0.2, 0) is 4.79 Å². The fourth-order valence-corrected chi connectivity index (χ4v) is 2.64. The highest BCUT2D eigenvalue weighted by molar-refractivity contribution is 6.30. The first kappa shape index (κ1) is 13.3. The Bertz CT molecular complexity index is 444. The SMILES string of the molecule is Cc1cc(Cl)ccc1C(C(N)=O)N1CCNCC1. The minimum atomic E-state index is -0.357. The van der Waals surface area contributed by atoms with Gasteiger partial charge in [0.05, 0.1) is 0 Å². The van der Waals surface area contributed by atoms with Crippen molar-refractivity contribution in [2.24, 2.45) is 5.73 Å². The minimum Gasteiger partial charge on any atom is -0.368 e. The lowest BCUT2D eigenvalue weighted by Gasteiger charge is -2.34. The van der Waals surface area contributed by atoms with Crippen molar-refractivity contribution in [3.8, 4) is 0 Å². The van der Waals surface area contributed by atoms with Crippen LogP contribution in [0.5, 0.6) is 0 Å². The molecule has 0 aliphatic carbocycles. The Hall–Kier alpha value is -1.10. The van der Waals surface area contributed by atoms with E-state index in [2.05, 4.69) is 10.2 Å². The molecule has 5 heteroatoms. The summed E-state index contributed by atoms with van der Waals surface area (Å²) < 4.78 is 0. The summed E-state index contributed by atoms with van der Waals surface area (Å²) in [6, 6.07) is 5.22. The van der Waals surface area contributed by atoms with Gasteiger partial charge in [0.15, 0.2) is 0 Å². The number of benzene rings is 1. The van der Waals surface area contributed by atoms with Crippen LogP contribution in [0.2, 0.25) is 5.02 Å². The molecule has 1 atom stereocenters. The zero-order valence-corrected chi connectivity index (χ0v) is 11.2. The van der Waals surface area contributed by atoms with Crippen molar-refractivity contribution >= 4 is 17.5 Å². The lowest BCUT2D eigenvalue weighted by molar-refractivity contribution is -0.123. The summed E-state index contributed by atoms with van der Waals surface area (Å²) in [6.45, 7) is 5.39. The highest BCUT2D eigenvalue weighted by Gasteiger charge is 2.27. The number of primary amides is 1. The van der Waals surface area contributed by atoms with Gasteiger partial charge in [-0.15, -0.1) is 0 Å². The van der Waals surface area contributed by atoms with Gasteiger partial charge in [0.1, 0.15) is 6.04 Å². The number of amides is 1. The average molecular weight is 268 g/mol. The maximum Gasteiger partial charge on any atom is 0.239 e. The van der Waals surface area contributed by atoms with Crippen LogP contribution in [0.25, 0.3) is 0 Å². The van der Waals surface area contributed by atoms with E-state index in [0.717, 1.165) is 37.3 Å². The molecule has 1 unspecified atom stereocenters. The number of nitrogens with one attached hydrogen (secondary N) is 1. The Balaban J connectivity index is 2.31. The third-order valence-corrected chi connectivity index (χ3v) is 3.55. The molecule has 4 nitrogen and oxygen atoms in total. The van der Waals surface area contributed by atoms with Crippen molar-refractivity contribution in [3.05, 3.63) is 34.3 Å². The molecule has 1 saturated heterocycles. The predicted molar refractivity (Wildman–Crippen MR) is 72.6 cm³/mol. The lowest BCUT2D eigenvalue weighted by Crippen LogP contribution is -2.48. The van der Waals surface area contributed by atoms with Gasteiger partial charge in [0.2, 0.25) is 5.91 Å². The molecule has 1 aliphatic rings. The third-order valence-electron chi connectivity index (χ3n) is 3.31. The van der Waals surface area contributed by atoms with Gasteiger partial charge in [-0.1, -0.05) is 17.7 Å². The summed E-state index contributed by atoms with van der Waals surface area (Å²) in [5.41, 5.74) is 7.53. The van der Waals surface area contributed by atoms with Crippen LogP contribution in [0, 0.1) is 6.92 Å². The topological polar surface area (TPSA) is 58.4 Å². The Morgan fingerprint density at radius 1 is 1.44 bits per heavy atom. The van der Waals surface area contributed by atoms with Crippen molar-refractivity contribution in [2.75, 3.05) is 26.2 Å². The van der Waals surface area contributed by atoms with Crippen LogP contribution in [0.4, 0.5) is 0 Å². The van der Waals surface area contributed by atoms with Crippen molar-refractivity contribution < 1.29 is 4.79 Å². The van der Waals surface area contributed by atoms with Gasteiger partial charge in [0.25, 0.3) is 0 Å². The Morgan fingerprint density at radius 3 is 2.67 bits per heavy atom. The number of carbonyl (C=O) groups is 1. The van der Waals surface area contributed by atoms with Crippen LogP contribution in [0.15, 0.2) is 18.2 Å². The van der Waals surface area contributed by atoms with Gasteiger partial charge in [-0.3, -0.25) is 9.69 Å². The van der Waals surface area contributed by atoms with Crippen LogP contribution in [0.1, 0.15) is 17.2 Å². The number of nitrogens with zero attached hydrogens (tertiary/aromatic N) is 1. The van der Waals surface area contributed by atoms with Crippen molar-refractivity contribution in [3.63, 3.8) is 0 Å². The van der Waals surface area contributed by atoms with E-state index < -0.39 is 0 Å². The first-order valence-corrected chi connectivity index (χ1v) is 6.47. The molecule has 0 saturated carbocycles. The zero-order chi connectivity index (χ0) is 13.1. The molecule has 98 valence electrons. The van der Waals surface area contributed by atoms with E-state index in [9.17, 15) is 4.79 Å². The third kappa shape index (κ3) is 2.83. The van der Waals surface area contributed by atoms with Gasteiger partial charge >= 0.3 is 0 Å². The number of rotatable bonds is 3. The number of hydrogen-bond donors (Lipinski definition) is 2. The Morgan fingerprint density at radius 2 is 2.11 bits per heavy atom. The smallest absolute Gasteiger partial charge is 0.239 e. The number of piperazine rings is 1. The molecule has 18 heavy (non-hydrogen) atoms. The molecule has 2 rings (SSSR count). The molecular weight excluding hydrogens is 250 g/mol. The van der Waals surface area contributed by atoms with Crippen LogP contribution in [0.3, 0.4) is 0 Å². The van der Waals surface area contributed by atoms with Crippen LogP contribution < -0.4 is 11.1 Å². The highest BCUT2D eigenvalue weighted by atomic mass is 35.5. The molecule has 0 aromatic heterocycles. The fraction of sp³-hybridized carbons (Fsp3) is 0.462. The predicted octanol–water partition coefficient (Wildman–Crippen LogP) is 1.08. The van der Waals surface area contributed by atoms with E-state index in [4.69, 9.17) is 17.3 Å². The molecule has 0 spiro atoms. The number of hydrogen-bond acceptors (Lipinski definition) is 3. The second-order valence-corrected chi connectivity index (χ2v) is 5.03. The molecule has 1 aromatic carbocycles. The minimum absolute atomic E-state index is 0.303. The molecule has 1 fully saturated rings. The largest absolute Gasteiger partial charge is 0.368 e. The maximum atomic E-state index is 11.8. The van der Waals surface area contributed by atoms with E-state index in [1.54, 1.807) is 0 Å². The number of carbonyl (C=O) groups excluding carboxylic acids is 1. The van der Waals surface area contributed by atoms with E-state index in [0.29, 0.717) is 5.02 Å². The Kier molecular flexibility index (Phi) is 4.22. The van der Waals surface area contributed by atoms with Gasteiger partial charge in [-0.2, -0.15) is 0 Å². The summed E-state index contributed by atoms with van der Waals surface area (Å²) in [5.74, 6) is -0.303. The van der Waals surface area contributed by atoms with Gasteiger partial charge < -0.3 is 11.1 Å². The number of nitrogens with two attached hydrogens (primary N) is 1. The molecular formula is C13H18ClN3O. The quantitative estimate of drug-likeness (QED) is 0.862. The van der Waals surface area contributed by atoms with Gasteiger partial charge in [0, 0.05) is 31.2 Å². The monoisotopic (exact) mass is 267 g/mol. The zero-order valence-electron chi connectivity index (χ0n) is 10.4. The lowest BCUT2D eigenvalue weighted by atomic mass is 9.99. The van der Waals surface area contributed by atoms with Crippen molar-refractivity contribution in [2.45, 2.75) is 13.0 Å². The molecule has 0 bridgehead atoms. The van der Waals surface area contributed by atoms with E-state index in [1.807, 2.05) is 25.1 Å². The number of aryl methyl sites for hydroxylation is 1. The standard InChI is InChI=1S/C13H18ClN3O/c1-9-8-10(14)2-3-11(9)12(13(15)18)17-6-4-16-5-7-17/h2-3,8,12,16H,4-7H2,1H3,(H2,15,18). The molecule has 1 aromatic rings. The molecule has 3 N–H and O–H groups in total. The summed E-state index contributed by atoms with van der Waals surface area (Å²) in [4.78, 5) is 13.9. The molecule has 1 amide bonds. The number of halogens is 1. The summed E-state index contributed by atoms with van der Waals surface area (Å²) in [6.07, 6.45) is 0. The summed E-state index contributed by atoms with van der Waals surface area (Å²) in [5, 5.41) is 3.95. The van der Waals surface area contributed by atoms with E-state index in [-0.39, 0.29) is 11.9 Å². The van der Waals surface area contributed by atoms with Gasteiger partial charge in [-0.25, -0.2) is 0 Å². The maximum absolute atomic E-state index is 11.8. The van der Waals surface area contributed by atoms with Crippen LogP contribution in [-0.4, -0.2) is 37.0 Å². The first-order valence-electron chi connectivity index (χ1n) is 6.09. The molecule has 0 radical (unpaired) electrons. The van der Waals surface area contributed by atoms with E-state index in [1.165, 1.54) is 0 Å². The Labute approximate surface area is 112 Å². The second kappa shape index (κ2) is 5.69. The fourth-order valence-electron chi connectivity index (χ4n) is 2.42. The van der Waals surface area contributed by atoms with Crippen molar-refractivity contribution in [1.29, 1.82) is 0 Å². The van der Waals surface area contributed by atoms with E-state index >= 15 is 0 Å². The summed E-state index contributed by atoms with van der Waals surface area (Å²) in [7, 11) is 0. The second-order valence-electron chi connectivity index (χ2n) is 4.59. The highest BCUT2D eigenvalue weighted by Crippen LogP contribution is 2.26. The summed E-state index contributed by atoms with van der Waals surface area (Å²) >= 11 is 5.95. The molecule has 1 aliphatic heterocycles. The van der Waals surface area contributed by atoms with Crippen molar-refractivity contribution in [1.82, 2.24) is 10.2 Å².